The number of phenolic OH excluding ortho intramolecular Hbond substituents is 1. The Morgan fingerprint density at radius 2 is 1.94 bits per heavy atom. The van der Waals surface area contributed by atoms with E-state index in [-0.39, 0.29) is 37.9 Å². The van der Waals surface area contributed by atoms with E-state index in [1.165, 1.54) is 37.3 Å². The largest absolute Gasteiger partial charge is 0.507 e. The van der Waals surface area contributed by atoms with Crippen LogP contribution >= 0.6 is 11.8 Å². The number of nitrogens with one attached hydrogen (secondary N) is 2. The van der Waals surface area contributed by atoms with Gasteiger partial charge in [0.05, 0.1) is 14.7 Å². The lowest BCUT2D eigenvalue weighted by atomic mass is 10.1. The summed E-state index contributed by atoms with van der Waals surface area (Å²) < 4.78 is 28.6. The van der Waals surface area contributed by atoms with E-state index in [1.807, 2.05) is 0 Å². The number of anilines is 1. The molecule has 160 valence electrons. The van der Waals surface area contributed by atoms with Crippen molar-refractivity contribution in [2.75, 3.05) is 5.32 Å². The third kappa shape index (κ3) is 5.26. The summed E-state index contributed by atoms with van der Waals surface area (Å²) in [6.45, 7) is 1.31. The lowest BCUT2D eigenvalue weighted by Crippen LogP contribution is -2.20. The van der Waals surface area contributed by atoms with E-state index in [2.05, 4.69) is 15.0 Å². The lowest BCUT2D eigenvalue weighted by Gasteiger charge is -2.03. The molecule has 1 aliphatic rings. The number of sulfonamides is 1. The van der Waals surface area contributed by atoms with Crippen molar-refractivity contribution in [1.82, 2.24) is 5.32 Å². The molecule has 0 bridgehead atoms. The van der Waals surface area contributed by atoms with E-state index < -0.39 is 20.9 Å². The van der Waals surface area contributed by atoms with Gasteiger partial charge >= 0.3 is 0 Å². The Kier molecular flexibility index (Phi) is 6.08. The molecule has 31 heavy (non-hydrogen) atoms. The highest BCUT2D eigenvalue weighted by atomic mass is 32.2. The van der Waals surface area contributed by atoms with Crippen LogP contribution in [0, 0.1) is 10.1 Å². The summed E-state index contributed by atoms with van der Waals surface area (Å²) in [6.07, 6.45) is 1.19. The van der Waals surface area contributed by atoms with Gasteiger partial charge in [0.15, 0.2) is 5.17 Å². The molecule has 2 aromatic rings. The number of nitro benzene ring substituents is 1. The standard InChI is InChI=1S/C18H14N4O7S2/c1-10(23)19-12-2-5-14(6-3-12)31(28,29)21-18-20-17(25)16(30-18)9-11-8-13(22(26)27)4-7-15(11)24/h2-9,24H,1H3,(H,19,23)(H,20,21,25)/b16-9+. The first kappa shape index (κ1) is 22.0. The number of nitro groups is 1. The van der Waals surface area contributed by atoms with Crippen molar-refractivity contribution in [2.45, 2.75) is 11.8 Å². The van der Waals surface area contributed by atoms with E-state index >= 15 is 0 Å². The van der Waals surface area contributed by atoms with Crippen LogP contribution in [0.3, 0.4) is 0 Å². The van der Waals surface area contributed by atoms with E-state index in [1.54, 1.807) is 0 Å². The molecule has 0 unspecified atom stereocenters. The summed E-state index contributed by atoms with van der Waals surface area (Å²) in [5, 5.41) is 25.4. The molecule has 13 heteroatoms. The zero-order chi connectivity index (χ0) is 22.8. The van der Waals surface area contributed by atoms with Gasteiger partial charge in [-0.3, -0.25) is 25.0 Å². The molecule has 0 aliphatic carbocycles. The number of amides is 2. The Morgan fingerprint density at radius 1 is 1.26 bits per heavy atom. The molecular formula is C18H14N4O7S2. The summed E-state index contributed by atoms with van der Waals surface area (Å²) >= 11 is 0.703. The molecule has 1 saturated heterocycles. The molecule has 1 heterocycles. The van der Waals surface area contributed by atoms with Crippen molar-refractivity contribution in [3.8, 4) is 5.75 Å². The maximum atomic E-state index is 12.5. The number of amidine groups is 1. The average molecular weight is 462 g/mol. The van der Waals surface area contributed by atoms with Crippen molar-refractivity contribution in [3.63, 3.8) is 0 Å². The molecule has 3 N–H and O–H groups in total. The summed E-state index contributed by atoms with van der Waals surface area (Å²) in [6, 6.07) is 8.60. The van der Waals surface area contributed by atoms with Crippen LogP contribution in [0.5, 0.6) is 5.75 Å². The minimum atomic E-state index is -4.16. The average Bonchev–Trinajstić information content (AvgIpc) is 3.01. The van der Waals surface area contributed by atoms with Crippen LogP contribution in [0.1, 0.15) is 12.5 Å². The van der Waals surface area contributed by atoms with Crippen molar-refractivity contribution >= 4 is 56.2 Å². The molecule has 1 fully saturated rings. The maximum absolute atomic E-state index is 12.5. The van der Waals surface area contributed by atoms with Gasteiger partial charge in [-0.1, -0.05) is 0 Å². The van der Waals surface area contributed by atoms with Gasteiger partial charge in [-0.25, -0.2) is 0 Å². The first-order valence-electron chi connectivity index (χ1n) is 8.46. The molecule has 3 rings (SSSR count). The highest BCUT2D eigenvalue weighted by molar-refractivity contribution is 8.19. The van der Waals surface area contributed by atoms with Crippen molar-refractivity contribution < 1.29 is 28.0 Å². The Balaban J connectivity index is 1.85. The molecule has 0 aromatic heterocycles. The van der Waals surface area contributed by atoms with Gasteiger partial charge in [-0.05, 0) is 48.2 Å². The number of carbonyl (C=O) groups excluding carboxylic acids is 2. The minimum absolute atomic E-state index is 0.00856. The second kappa shape index (κ2) is 8.57. The van der Waals surface area contributed by atoms with Crippen LogP contribution in [-0.4, -0.2) is 35.4 Å². The molecular weight excluding hydrogens is 448 g/mol. The van der Waals surface area contributed by atoms with Gasteiger partial charge in [-0.2, -0.15) is 8.42 Å². The molecule has 2 aromatic carbocycles. The Morgan fingerprint density at radius 3 is 2.55 bits per heavy atom. The molecule has 0 saturated carbocycles. The molecule has 1 aliphatic heterocycles. The highest BCUT2D eigenvalue weighted by Crippen LogP contribution is 2.31. The summed E-state index contributed by atoms with van der Waals surface area (Å²) in [5.74, 6) is -1.27. The second-order valence-corrected chi connectivity index (χ2v) is 8.78. The van der Waals surface area contributed by atoms with Crippen molar-refractivity contribution in [3.05, 3.63) is 63.0 Å². The van der Waals surface area contributed by atoms with Crippen LogP contribution in [0.2, 0.25) is 0 Å². The highest BCUT2D eigenvalue weighted by Gasteiger charge is 2.27. The number of rotatable bonds is 5. The Bertz CT molecular complexity index is 1250. The topological polar surface area (TPSA) is 168 Å². The van der Waals surface area contributed by atoms with E-state index in [4.69, 9.17) is 0 Å². The van der Waals surface area contributed by atoms with E-state index in [0.29, 0.717) is 17.4 Å². The fraction of sp³-hybridized carbons (Fsp3) is 0.0556. The van der Waals surface area contributed by atoms with Gasteiger partial charge in [0.1, 0.15) is 5.75 Å². The fourth-order valence-electron chi connectivity index (χ4n) is 2.46. The Hall–Kier alpha value is -3.71. The number of thioether (sulfide) groups is 1. The molecule has 11 nitrogen and oxygen atoms in total. The zero-order valence-electron chi connectivity index (χ0n) is 15.7. The predicted octanol–water partition coefficient (Wildman–Crippen LogP) is 2.21. The molecule has 2 amide bonds. The van der Waals surface area contributed by atoms with Crippen LogP contribution < -0.4 is 10.6 Å². The zero-order valence-corrected chi connectivity index (χ0v) is 17.4. The Labute approximate surface area is 180 Å². The summed E-state index contributed by atoms with van der Waals surface area (Å²) in [4.78, 5) is 33.3. The first-order valence-corrected chi connectivity index (χ1v) is 10.7. The quantitative estimate of drug-likeness (QED) is 0.345. The predicted molar refractivity (Wildman–Crippen MR) is 114 cm³/mol. The lowest BCUT2D eigenvalue weighted by molar-refractivity contribution is -0.384. The normalized spacial score (nSPS) is 16.4. The number of hydrogen-bond donors (Lipinski definition) is 3. The van der Waals surface area contributed by atoms with Crippen molar-refractivity contribution in [1.29, 1.82) is 0 Å². The number of hydrogen-bond acceptors (Lipinski definition) is 8. The molecule has 0 spiro atoms. The number of phenols is 1. The molecule has 0 atom stereocenters. The smallest absolute Gasteiger partial charge is 0.284 e. The monoisotopic (exact) mass is 462 g/mol. The third-order valence-corrected chi connectivity index (χ3v) is 6.15. The van der Waals surface area contributed by atoms with Crippen LogP contribution in [-0.2, 0) is 19.6 Å². The maximum Gasteiger partial charge on any atom is 0.284 e. The number of carbonyl (C=O) groups is 2. The molecule has 0 radical (unpaired) electrons. The van der Waals surface area contributed by atoms with Gasteiger partial charge in [-0.15, -0.1) is 4.40 Å². The number of non-ortho nitro benzene ring substituents is 1. The number of nitrogens with zero attached hydrogens (tertiary/aromatic N) is 2. The minimum Gasteiger partial charge on any atom is -0.507 e. The fourth-order valence-corrected chi connectivity index (χ4v) is 4.43. The van der Waals surface area contributed by atoms with Crippen LogP contribution in [0.15, 0.2) is 56.7 Å². The third-order valence-electron chi connectivity index (χ3n) is 3.84. The number of aromatic hydroxyl groups is 1. The van der Waals surface area contributed by atoms with Crippen LogP contribution in [0.4, 0.5) is 11.4 Å². The van der Waals surface area contributed by atoms with Gasteiger partial charge in [0.2, 0.25) is 5.91 Å². The SMILES string of the molecule is CC(=O)Nc1ccc(S(=O)(=O)N=C2NC(=O)/C(=C\c3cc([N+](=O)[O-])ccc3O)S2)cc1. The van der Waals surface area contributed by atoms with Gasteiger partial charge in [0, 0.05) is 30.3 Å². The van der Waals surface area contributed by atoms with Crippen molar-refractivity contribution in [2.24, 2.45) is 4.40 Å². The summed E-state index contributed by atoms with van der Waals surface area (Å²) in [5.41, 5.74) is 0.140. The number of benzene rings is 2. The van der Waals surface area contributed by atoms with E-state index in [9.17, 15) is 33.2 Å². The summed E-state index contributed by atoms with van der Waals surface area (Å²) in [7, 11) is -4.16. The second-order valence-electron chi connectivity index (χ2n) is 6.14. The van der Waals surface area contributed by atoms with Crippen LogP contribution in [0.25, 0.3) is 6.08 Å². The first-order chi connectivity index (χ1) is 14.5. The van der Waals surface area contributed by atoms with Gasteiger partial charge < -0.3 is 10.4 Å². The van der Waals surface area contributed by atoms with Gasteiger partial charge in [0.25, 0.3) is 21.6 Å². The van der Waals surface area contributed by atoms with E-state index in [0.717, 1.165) is 18.2 Å².